The molecule has 162 valence electrons. The lowest BCUT2D eigenvalue weighted by molar-refractivity contribution is 0.0162. The van der Waals surface area contributed by atoms with Gasteiger partial charge in [-0.15, -0.1) is 0 Å². The number of methoxy groups -OCH3 is 1. The molecule has 1 aliphatic heterocycles. The first-order valence-electron chi connectivity index (χ1n) is 10.2. The van der Waals surface area contributed by atoms with E-state index in [4.69, 9.17) is 14.2 Å². The van der Waals surface area contributed by atoms with Crippen LogP contribution in [0.25, 0.3) is 0 Å². The summed E-state index contributed by atoms with van der Waals surface area (Å²) in [6.45, 7) is 7.32. The molecule has 2 aromatic rings. The van der Waals surface area contributed by atoms with Crippen LogP contribution in [0.15, 0.2) is 36.4 Å². The molecular formula is C23H29FN2O4. The maximum absolute atomic E-state index is 13.9. The van der Waals surface area contributed by atoms with E-state index in [1.54, 1.807) is 26.2 Å². The maximum Gasteiger partial charge on any atom is 0.251 e. The number of halogens is 1. The van der Waals surface area contributed by atoms with E-state index in [2.05, 4.69) is 10.2 Å². The molecule has 1 N–H and O–H groups in total. The van der Waals surface area contributed by atoms with E-state index in [9.17, 15) is 9.18 Å². The predicted molar refractivity (Wildman–Crippen MR) is 113 cm³/mol. The lowest BCUT2D eigenvalue weighted by Crippen LogP contribution is -2.43. The standard InChI is InChI=1S/C23H29FN2O4/c1-4-30-21-8-7-17(14-22(21)28-3)20(26-9-11-29-12-10-26)15-25-23(27)18-6-5-16(2)19(24)13-18/h5-8,13-14,20H,4,9-12,15H2,1-3H3,(H,25,27)/t20-/m1/s1. The lowest BCUT2D eigenvalue weighted by Gasteiger charge is -2.35. The van der Waals surface area contributed by atoms with Crippen LogP contribution in [-0.4, -0.2) is 57.4 Å². The molecule has 1 atom stereocenters. The van der Waals surface area contributed by atoms with Gasteiger partial charge in [0.05, 0.1) is 33.0 Å². The highest BCUT2D eigenvalue weighted by atomic mass is 19.1. The Balaban J connectivity index is 1.80. The minimum Gasteiger partial charge on any atom is -0.493 e. The first kappa shape index (κ1) is 22.1. The molecule has 6 nitrogen and oxygen atoms in total. The van der Waals surface area contributed by atoms with Crippen LogP contribution < -0.4 is 14.8 Å². The Morgan fingerprint density at radius 2 is 1.97 bits per heavy atom. The van der Waals surface area contributed by atoms with Crippen molar-refractivity contribution in [2.75, 3.05) is 46.6 Å². The van der Waals surface area contributed by atoms with Gasteiger partial charge in [-0.25, -0.2) is 4.39 Å². The van der Waals surface area contributed by atoms with Crippen molar-refractivity contribution in [3.8, 4) is 11.5 Å². The van der Waals surface area contributed by atoms with Crippen molar-refractivity contribution in [1.82, 2.24) is 10.2 Å². The van der Waals surface area contributed by atoms with Crippen LogP contribution >= 0.6 is 0 Å². The number of hydrogen-bond donors (Lipinski definition) is 1. The van der Waals surface area contributed by atoms with Gasteiger partial charge in [-0.3, -0.25) is 9.69 Å². The quantitative estimate of drug-likeness (QED) is 0.715. The van der Waals surface area contributed by atoms with Gasteiger partial charge in [0, 0.05) is 25.2 Å². The molecular weight excluding hydrogens is 387 g/mol. The molecule has 0 spiro atoms. The van der Waals surface area contributed by atoms with Gasteiger partial charge in [0.2, 0.25) is 0 Å². The molecule has 3 rings (SSSR count). The number of carbonyl (C=O) groups is 1. The van der Waals surface area contributed by atoms with E-state index in [-0.39, 0.29) is 17.8 Å². The first-order valence-corrected chi connectivity index (χ1v) is 10.2. The van der Waals surface area contributed by atoms with Crippen LogP contribution in [0.5, 0.6) is 11.5 Å². The second-order valence-electron chi connectivity index (χ2n) is 7.18. The van der Waals surface area contributed by atoms with Crippen molar-refractivity contribution in [1.29, 1.82) is 0 Å². The fourth-order valence-electron chi connectivity index (χ4n) is 3.54. The second-order valence-corrected chi connectivity index (χ2v) is 7.18. The van der Waals surface area contributed by atoms with E-state index in [0.29, 0.717) is 49.0 Å². The SMILES string of the molecule is CCOc1ccc([C@@H](CNC(=O)c2ccc(C)c(F)c2)N2CCOCC2)cc1OC. The molecule has 30 heavy (non-hydrogen) atoms. The van der Waals surface area contributed by atoms with Gasteiger partial charge in [0.1, 0.15) is 5.82 Å². The van der Waals surface area contributed by atoms with E-state index in [1.807, 2.05) is 25.1 Å². The van der Waals surface area contributed by atoms with Crippen molar-refractivity contribution >= 4 is 5.91 Å². The Morgan fingerprint density at radius 1 is 1.20 bits per heavy atom. The molecule has 0 aliphatic carbocycles. The minimum absolute atomic E-state index is 0.0716. The Kier molecular flexibility index (Phi) is 7.65. The van der Waals surface area contributed by atoms with Crippen molar-refractivity contribution in [2.24, 2.45) is 0 Å². The molecule has 1 aliphatic rings. The number of ether oxygens (including phenoxy) is 3. The van der Waals surface area contributed by atoms with Crippen molar-refractivity contribution in [2.45, 2.75) is 19.9 Å². The van der Waals surface area contributed by atoms with Crippen LogP contribution in [0, 0.1) is 12.7 Å². The zero-order valence-corrected chi connectivity index (χ0v) is 17.7. The zero-order chi connectivity index (χ0) is 21.5. The molecule has 0 unspecified atom stereocenters. The summed E-state index contributed by atoms with van der Waals surface area (Å²) in [4.78, 5) is 14.9. The van der Waals surface area contributed by atoms with E-state index in [1.165, 1.54) is 6.07 Å². The summed E-state index contributed by atoms with van der Waals surface area (Å²) in [6, 6.07) is 10.3. The van der Waals surface area contributed by atoms with Gasteiger partial charge >= 0.3 is 0 Å². The molecule has 0 saturated carbocycles. The predicted octanol–water partition coefficient (Wildman–Crippen LogP) is 3.34. The summed E-state index contributed by atoms with van der Waals surface area (Å²) < 4.78 is 30.5. The molecule has 0 radical (unpaired) electrons. The highest BCUT2D eigenvalue weighted by molar-refractivity contribution is 5.94. The third-order valence-corrected chi connectivity index (χ3v) is 5.25. The highest BCUT2D eigenvalue weighted by Crippen LogP contribution is 2.32. The molecule has 1 fully saturated rings. The average Bonchev–Trinajstić information content (AvgIpc) is 2.77. The molecule has 2 aromatic carbocycles. The molecule has 0 bridgehead atoms. The van der Waals surface area contributed by atoms with Crippen molar-refractivity contribution < 1.29 is 23.4 Å². The summed E-state index contributed by atoms with van der Waals surface area (Å²) in [5, 5.41) is 2.96. The van der Waals surface area contributed by atoms with E-state index < -0.39 is 0 Å². The maximum atomic E-state index is 13.9. The largest absolute Gasteiger partial charge is 0.493 e. The average molecular weight is 416 g/mol. The van der Waals surface area contributed by atoms with Crippen LogP contribution in [0.2, 0.25) is 0 Å². The monoisotopic (exact) mass is 416 g/mol. The Bertz CT molecular complexity index is 868. The molecule has 7 heteroatoms. The molecule has 1 heterocycles. The normalized spacial score (nSPS) is 15.5. The lowest BCUT2D eigenvalue weighted by atomic mass is 10.0. The molecule has 1 saturated heterocycles. The summed E-state index contributed by atoms with van der Waals surface area (Å²) >= 11 is 0. The fraction of sp³-hybridized carbons (Fsp3) is 0.435. The number of rotatable bonds is 8. The van der Waals surface area contributed by atoms with Crippen LogP contribution in [0.3, 0.4) is 0 Å². The van der Waals surface area contributed by atoms with Gasteiger partial charge in [-0.05, 0) is 49.2 Å². The Labute approximate surface area is 176 Å². The Hall–Kier alpha value is -2.64. The topological polar surface area (TPSA) is 60.0 Å². The first-order chi connectivity index (χ1) is 14.5. The van der Waals surface area contributed by atoms with Gasteiger partial charge in [-0.1, -0.05) is 12.1 Å². The number of nitrogens with one attached hydrogen (secondary N) is 1. The number of aryl methyl sites for hydroxylation is 1. The summed E-state index contributed by atoms with van der Waals surface area (Å²) in [7, 11) is 1.61. The van der Waals surface area contributed by atoms with E-state index >= 15 is 0 Å². The van der Waals surface area contributed by atoms with Crippen LogP contribution in [0.4, 0.5) is 4.39 Å². The third-order valence-electron chi connectivity index (χ3n) is 5.25. The number of morpholine rings is 1. The van der Waals surface area contributed by atoms with Crippen molar-refractivity contribution in [3.05, 3.63) is 58.9 Å². The second kappa shape index (κ2) is 10.4. The smallest absolute Gasteiger partial charge is 0.251 e. The number of carbonyl (C=O) groups excluding carboxylic acids is 1. The fourth-order valence-corrected chi connectivity index (χ4v) is 3.54. The van der Waals surface area contributed by atoms with Crippen LogP contribution in [0.1, 0.15) is 34.5 Å². The van der Waals surface area contributed by atoms with Gasteiger partial charge in [0.25, 0.3) is 5.91 Å². The number of nitrogens with zero attached hydrogens (tertiary/aromatic N) is 1. The van der Waals surface area contributed by atoms with Crippen molar-refractivity contribution in [3.63, 3.8) is 0 Å². The summed E-state index contributed by atoms with van der Waals surface area (Å²) in [5.41, 5.74) is 1.83. The van der Waals surface area contributed by atoms with Gasteiger partial charge in [-0.2, -0.15) is 0 Å². The van der Waals surface area contributed by atoms with Gasteiger partial charge in [0.15, 0.2) is 11.5 Å². The van der Waals surface area contributed by atoms with Crippen LogP contribution in [-0.2, 0) is 4.74 Å². The number of hydrogen-bond acceptors (Lipinski definition) is 5. The molecule has 1 amide bonds. The molecule has 0 aromatic heterocycles. The number of amides is 1. The number of benzene rings is 2. The Morgan fingerprint density at radius 3 is 2.63 bits per heavy atom. The summed E-state index contributed by atoms with van der Waals surface area (Å²) in [5.74, 6) is 0.650. The third kappa shape index (κ3) is 5.29. The minimum atomic E-state index is -0.386. The van der Waals surface area contributed by atoms with E-state index in [0.717, 1.165) is 18.7 Å². The summed E-state index contributed by atoms with van der Waals surface area (Å²) in [6.07, 6.45) is 0. The zero-order valence-electron chi connectivity index (χ0n) is 17.7. The highest BCUT2D eigenvalue weighted by Gasteiger charge is 2.24. The van der Waals surface area contributed by atoms with Gasteiger partial charge < -0.3 is 19.5 Å².